The Hall–Kier alpha value is -1.46. The average Bonchev–Trinajstić information content (AvgIpc) is 2.47. The van der Waals surface area contributed by atoms with Gasteiger partial charge in [0.2, 0.25) is 0 Å². The Morgan fingerprint density at radius 3 is 2.43 bits per heavy atom. The maximum Gasteiger partial charge on any atom is 0.363 e. The molecule has 7 heteroatoms. The Balaban J connectivity index is 2.70. The first-order valence-electron chi connectivity index (χ1n) is 6.26. The van der Waals surface area contributed by atoms with Gasteiger partial charge in [-0.25, -0.2) is 0 Å². The number of benzene rings is 1. The van der Waals surface area contributed by atoms with E-state index in [4.69, 9.17) is 13.5 Å². The molecule has 0 bridgehead atoms. The molecule has 1 atom stereocenters. The highest BCUT2D eigenvalue weighted by Gasteiger charge is 2.36. The van der Waals surface area contributed by atoms with E-state index in [2.05, 4.69) is 0 Å². The van der Waals surface area contributed by atoms with E-state index in [1.165, 1.54) is 0 Å². The Bertz CT molecular complexity index is 771. The van der Waals surface area contributed by atoms with Crippen molar-refractivity contribution in [3.05, 3.63) is 45.3 Å². The normalized spacial score (nSPS) is 13.6. The van der Waals surface area contributed by atoms with Gasteiger partial charge in [0.25, 0.3) is 0 Å². The lowest BCUT2D eigenvalue weighted by atomic mass is 10.1. The Morgan fingerprint density at radius 1 is 1.24 bits per heavy atom. The van der Waals surface area contributed by atoms with Crippen LogP contribution in [0.1, 0.15) is 22.5 Å². The van der Waals surface area contributed by atoms with Gasteiger partial charge in [-0.15, -0.1) is 0 Å². The fraction of sp³-hybridized carbons (Fsp3) is 0.357. The molecule has 1 N–H and O–H groups in total. The molecule has 0 aliphatic heterocycles. The summed E-state index contributed by atoms with van der Waals surface area (Å²) in [4.78, 5) is 12.5. The monoisotopic (exact) mass is 312 g/mol. The quantitative estimate of drug-likeness (QED) is 0.874. The molecule has 6 nitrogen and oxygen atoms in total. The van der Waals surface area contributed by atoms with Crippen LogP contribution < -0.4 is 5.43 Å². The highest BCUT2D eigenvalue weighted by molar-refractivity contribution is 7.53. The Labute approximate surface area is 121 Å². The summed E-state index contributed by atoms with van der Waals surface area (Å²) in [6.07, 6.45) is 1.10. The van der Waals surface area contributed by atoms with Crippen LogP contribution in [0.25, 0.3) is 11.0 Å². The second-order valence-electron chi connectivity index (χ2n) is 4.76. The van der Waals surface area contributed by atoms with Gasteiger partial charge in [0.15, 0.2) is 11.3 Å². The SMILES string of the molecule is COP(=O)(OC)C(O)c1coc2c(C)cc(C)cc2c1=O. The summed E-state index contributed by atoms with van der Waals surface area (Å²) in [5, 5.41) is 10.5. The Morgan fingerprint density at radius 2 is 1.86 bits per heavy atom. The number of aliphatic hydroxyl groups excluding tert-OH is 1. The van der Waals surface area contributed by atoms with Crippen molar-refractivity contribution < 1.29 is 23.1 Å². The number of fused-ring (bicyclic) bond motifs is 1. The van der Waals surface area contributed by atoms with Crippen LogP contribution in [0.4, 0.5) is 0 Å². The van der Waals surface area contributed by atoms with Gasteiger partial charge >= 0.3 is 7.60 Å². The van der Waals surface area contributed by atoms with E-state index < -0.39 is 18.9 Å². The summed E-state index contributed by atoms with van der Waals surface area (Å²) in [6, 6.07) is 3.55. The zero-order chi connectivity index (χ0) is 15.8. The number of hydrogen-bond acceptors (Lipinski definition) is 6. The molecule has 0 aliphatic rings. The molecular formula is C14H17O6P. The number of aliphatic hydroxyl groups is 1. The third-order valence-corrected chi connectivity index (χ3v) is 5.21. The highest BCUT2D eigenvalue weighted by atomic mass is 31.2. The molecule has 114 valence electrons. The third-order valence-electron chi connectivity index (χ3n) is 3.32. The molecule has 21 heavy (non-hydrogen) atoms. The lowest BCUT2D eigenvalue weighted by Crippen LogP contribution is -2.15. The van der Waals surface area contributed by atoms with E-state index >= 15 is 0 Å². The molecule has 1 unspecified atom stereocenters. The van der Waals surface area contributed by atoms with Crippen LogP contribution in [0.2, 0.25) is 0 Å². The fourth-order valence-electron chi connectivity index (χ4n) is 2.23. The van der Waals surface area contributed by atoms with Crippen LogP contribution in [0.5, 0.6) is 0 Å². The molecule has 1 aromatic heterocycles. The van der Waals surface area contributed by atoms with E-state index in [-0.39, 0.29) is 5.56 Å². The summed E-state index contributed by atoms with van der Waals surface area (Å²) in [6.45, 7) is 3.67. The largest absolute Gasteiger partial charge is 0.463 e. The first-order chi connectivity index (χ1) is 9.84. The zero-order valence-corrected chi connectivity index (χ0v) is 13.1. The molecule has 2 rings (SSSR count). The van der Waals surface area contributed by atoms with E-state index in [0.29, 0.717) is 11.0 Å². The van der Waals surface area contributed by atoms with Crippen LogP contribution in [0, 0.1) is 13.8 Å². The molecule has 0 saturated carbocycles. The predicted molar refractivity (Wildman–Crippen MR) is 78.5 cm³/mol. The zero-order valence-electron chi connectivity index (χ0n) is 12.2. The minimum Gasteiger partial charge on any atom is -0.463 e. The van der Waals surface area contributed by atoms with E-state index in [0.717, 1.165) is 31.6 Å². The summed E-state index contributed by atoms with van der Waals surface area (Å²) in [7, 11) is -1.54. The van der Waals surface area contributed by atoms with Gasteiger partial charge in [-0.1, -0.05) is 6.07 Å². The minimum atomic E-state index is -3.83. The van der Waals surface area contributed by atoms with Crippen LogP contribution in [-0.2, 0) is 13.6 Å². The number of rotatable bonds is 4. The highest BCUT2D eigenvalue weighted by Crippen LogP contribution is 2.57. The van der Waals surface area contributed by atoms with Crippen LogP contribution in [0.3, 0.4) is 0 Å². The second kappa shape index (κ2) is 5.73. The standard InChI is InChI=1S/C14H17O6P/c1-8-5-9(2)13-10(6-8)12(15)11(7-20-13)14(16)21(17,18-3)19-4/h5-7,14,16H,1-4H3. The number of hydrogen-bond donors (Lipinski definition) is 1. The van der Waals surface area contributed by atoms with Crippen LogP contribution in [0.15, 0.2) is 27.6 Å². The minimum absolute atomic E-state index is 0.153. The van der Waals surface area contributed by atoms with Gasteiger partial charge in [0.05, 0.1) is 10.9 Å². The van der Waals surface area contributed by atoms with Gasteiger partial charge in [0.1, 0.15) is 11.8 Å². The molecule has 0 amide bonds. The molecule has 0 radical (unpaired) electrons. The van der Waals surface area contributed by atoms with Crippen LogP contribution in [-0.4, -0.2) is 19.3 Å². The van der Waals surface area contributed by atoms with Crippen molar-refractivity contribution >= 4 is 18.6 Å². The molecule has 0 fully saturated rings. The first kappa shape index (κ1) is 15.9. The summed E-state index contributed by atoms with van der Waals surface area (Å²) in [5.41, 5.74) is 1.53. The van der Waals surface area contributed by atoms with Crippen molar-refractivity contribution in [1.29, 1.82) is 0 Å². The lowest BCUT2D eigenvalue weighted by molar-refractivity contribution is 0.174. The maximum absolute atomic E-state index is 12.5. The van der Waals surface area contributed by atoms with Crippen molar-refractivity contribution in [3.63, 3.8) is 0 Å². The van der Waals surface area contributed by atoms with E-state index in [1.54, 1.807) is 6.07 Å². The van der Waals surface area contributed by atoms with Gasteiger partial charge in [-0.05, 0) is 31.0 Å². The van der Waals surface area contributed by atoms with E-state index in [9.17, 15) is 14.5 Å². The number of aryl methyl sites for hydroxylation is 2. The topological polar surface area (TPSA) is 86.0 Å². The summed E-state index contributed by atoms with van der Waals surface area (Å²) >= 11 is 0. The smallest absolute Gasteiger partial charge is 0.363 e. The molecule has 1 aromatic carbocycles. The third kappa shape index (κ3) is 2.68. The van der Waals surface area contributed by atoms with Gasteiger partial charge in [0, 0.05) is 14.2 Å². The van der Waals surface area contributed by atoms with E-state index in [1.807, 2.05) is 19.9 Å². The van der Waals surface area contributed by atoms with Crippen molar-refractivity contribution in [3.8, 4) is 0 Å². The Kier molecular flexibility index (Phi) is 4.35. The second-order valence-corrected chi connectivity index (χ2v) is 7.06. The molecule has 0 aliphatic carbocycles. The molecule has 2 aromatic rings. The predicted octanol–water partition coefficient (Wildman–Crippen LogP) is 2.89. The fourth-order valence-corrected chi connectivity index (χ4v) is 3.30. The van der Waals surface area contributed by atoms with Crippen molar-refractivity contribution in [2.45, 2.75) is 19.7 Å². The summed E-state index contributed by atoms with van der Waals surface area (Å²) < 4.78 is 27.1. The molecule has 0 saturated heterocycles. The van der Waals surface area contributed by atoms with Crippen molar-refractivity contribution in [2.24, 2.45) is 0 Å². The molecule has 0 spiro atoms. The van der Waals surface area contributed by atoms with Gasteiger partial charge in [-0.2, -0.15) is 0 Å². The first-order valence-corrected chi connectivity index (χ1v) is 7.87. The van der Waals surface area contributed by atoms with Gasteiger partial charge in [-0.3, -0.25) is 9.36 Å². The lowest BCUT2D eigenvalue weighted by Gasteiger charge is -2.19. The van der Waals surface area contributed by atoms with Crippen molar-refractivity contribution in [2.75, 3.05) is 14.2 Å². The summed E-state index contributed by atoms with van der Waals surface area (Å²) in [5.74, 6) is -1.70. The van der Waals surface area contributed by atoms with Crippen LogP contribution >= 0.6 is 7.60 Å². The molecular weight excluding hydrogens is 295 g/mol. The average molecular weight is 312 g/mol. The van der Waals surface area contributed by atoms with Gasteiger partial charge < -0.3 is 18.6 Å². The molecule has 1 heterocycles. The van der Waals surface area contributed by atoms with Crippen molar-refractivity contribution in [1.82, 2.24) is 0 Å². The maximum atomic E-state index is 12.5.